The van der Waals surface area contributed by atoms with Crippen molar-refractivity contribution in [1.29, 1.82) is 0 Å². The second-order valence-corrected chi connectivity index (χ2v) is 4.67. The Kier molecular flexibility index (Phi) is 4.39. The van der Waals surface area contributed by atoms with E-state index in [4.69, 9.17) is 0 Å². The first-order valence-electron chi connectivity index (χ1n) is 3.45. The molecule has 1 amide bonds. The van der Waals surface area contributed by atoms with Crippen molar-refractivity contribution >= 4 is 21.6 Å². The van der Waals surface area contributed by atoms with E-state index in [1.165, 1.54) is 14.0 Å². The lowest BCUT2D eigenvalue weighted by atomic mass is 10.5. The Balaban J connectivity index is 4.12. The molecule has 0 atom stereocenters. The Hall–Kier alpha value is -1.11. The van der Waals surface area contributed by atoms with E-state index >= 15 is 0 Å². The van der Waals surface area contributed by atoms with Crippen LogP contribution in [0.25, 0.3) is 0 Å². The Morgan fingerprint density at radius 3 is 2.46 bits per heavy atom. The molecule has 0 aromatic carbocycles. The van der Waals surface area contributed by atoms with E-state index in [9.17, 15) is 13.2 Å². The number of amides is 1. The van der Waals surface area contributed by atoms with Crippen LogP contribution in [0.1, 0.15) is 6.92 Å². The Morgan fingerprint density at radius 1 is 1.54 bits per heavy atom. The van der Waals surface area contributed by atoms with Crippen LogP contribution in [-0.2, 0) is 14.7 Å². The zero-order valence-corrected chi connectivity index (χ0v) is 8.51. The largest absolute Gasteiger partial charge is 0.433 e. The van der Waals surface area contributed by atoms with Gasteiger partial charge in [-0.05, 0) is 6.92 Å². The molecule has 0 saturated carbocycles. The molecule has 0 bridgehead atoms. The minimum atomic E-state index is -3.12. The van der Waals surface area contributed by atoms with E-state index in [-0.39, 0.29) is 11.5 Å². The molecule has 0 aromatic heterocycles. The van der Waals surface area contributed by atoms with Crippen molar-refractivity contribution in [3.8, 4) is 0 Å². The van der Waals surface area contributed by atoms with Crippen molar-refractivity contribution in [1.82, 2.24) is 5.32 Å². The van der Waals surface area contributed by atoms with Gasteiger partial charge in [-0.15, -0.1) is 0 Å². The number of hydrogen-bond donors (Lipinski definition) is 1. The monoisotopic (exact) mass is 208 g/mol. The van der Waals surface area contributed by atoms with Crippen LogP contribution in [0.3, 0.4) is 0 Å². The van der Waals surface area contributed by atoms with E-state index in [2.05, 4.69) is 15.3 Å². The van der Waals surface area contributed by atoms with Crippen LogP contribution in [0.2, 0.25) is 0 Å². The van der Waals surface area contributed by atoms with Gasteiger partial charge in [-0.25, -0.2) is 13.2 Å². The summed E-state index contributed by atoms with van der Waals surface area (Å²) < 4.78 is 21.4. The predicted octanol–water partition coefficient (Wildman–Crippen LogP) is -0.237. The number of hydrogen-bond acceptors (Lipinski definition) is 5. The summed E-state index contributed by atoms with van der Waals surface area (Å²) in [5.74, 6) is -0.218. The van der Waals surface area contributed by atoms with Crippen molar-refractivity contribution in [2.45, 2.75) is 6.92 Å². The number of carbonyl (C=O) groups is 1. The first-order valence-corrected chi connectivity index (χ1v) is 5.51. The highest BCUT2D eigenvalue weighted by molar-refractivity contribution is 7.91. The molecule has 0 rings (SSSR count). The van der Waals surface area contributed by atoms with Gasteiger partial charge in [0.2, 0.25) is 0 Å². The summed E-state index contributed by atoms with van der Waals surface area (Å²) in [5, 5.41) is 5.47. The maximum Gasteiger partial charge on any atom is 0.433 e. The summed E-state index contributed by atoms with van der Waals surface area (Å²) in [6.45, 7) is 1.46. The first-order chi connectivity index (χ1) is 5.85. The van der Waals surface area contributed by atoms with Crippen LogP contribution < -0.4 is 5.32 Å². The topological polar surface area (TPSA) is 84.8 Å². The van der Waals surface area contributed by atoms with Gasteiger partial charge >= 0.3 is 6.09 Å². The fourth-order valence-electron chi connectivity index (χ4n) is 0.571. The Bertz CT molecular complexity index is 307. The lowest BCUT2D eigenvalue weighted by Gasteiger charge is -1.98. The van der Waals surface area contributed by atoms with E-state index < -0.39 is 15.9 Å². The highest BCUT2D eigenvalue weighted by Gasteiger charge is 2.05. The van der Waals surface area contributed by atoms with Gasteiger partial charge in [-0.3, -0.25) is 4.84 Å². The summed E-state index contributed by atoms with van der Waals surface area (Å²) in [4.78, 5) is 14.8. The normalized spacial score (nSPS) is 12.4. The predicted molar refractivity (Wildman–Crippen MR) is 48.4 cm³/mol. The van der Waals surface area contributed by atoms with Crippen molar-refractivity contribution in [3.63, 3.8) is 0 Å². The summed E-state index contributed by atoms with van der Waals surface area (Å²) in [7, 11) is -1.74. The van der Waals surface area contributed by atoms with Gasteiger partial charge < -0.3 is 5.32 Å². The molecule has 0 spiro atoms. The quantitative estimate of drug-likeness (QED) is 0.394. The van der Waals surface area contributed by atoms with Gasteiger partial charge in [0.25, 0.3) is 0 Å². The van der Waals surface area contributed by atoms with E-state index in [1.807, 2.05) is 0 Å². The first kappa shape index (κ1) is 11.9. The molecule has 13 heavy (non-hydrogen) atoms. The molecule has 0 aliphatic heterocycles. The van der Waals surface area contributed by atoms with Crippen LogP contribution in [-0.4, -0.2) is 39.3 Å². The minimum absolute atomic E-state index is 0.218. The van der Waals surface area contributed by atoms with Crippen LogP contribution >= 0.6 is 0 Å². The molecule has 0 aliphatic carbocycles. The van der Waals surface area contributed by atoms with Gasteiger partial charge in [-0.1, -0.05) is 5.16 Å². The van der Waals surface area contributed by atoms with Gasteiger partial charge in [0, 0.05) is 13.3 Å². The lowest BCUT2D eigenvalue weighted by molar-refractivity contribution is 0.153. The third-order valence-corrected chi connectivity index (χ3v) is 1.90. The van der Waals surface area contributed by atoms with Crippen LogP contribution in [0.15, 0.2) is 5.16 Å². The summed E-state index contributed by atoms with van der Waals surface area (Å²) >= 11 is 0. The average Bonchev–Trinajstić information content (AvgIpc) is 1.97. The van der Waals surface area contributed by atoms with Crippen LogP contribution in [0.4, 0.5) is 4.79 Å². The highest BCUT2D eigenvalue weighted by atomic mass is 32.2. The molecule has 0 aromatic rings. The van der Waals surface area contributed by atoms with E-state index in [0.29, 0.717) is 0 Å². The molecule has 6 nitrogen and oxygen atoms in total. The number of rotatable bonds is 3. The Labute approximate surface area is 76.9 Å². The highest BCUT2D eigenvalue weighted by Crippen LogP contribution is 1.88. The van der Waals surface area contributed by atoms with Gasteiger partial charge in [-0.2, -0.15) is 0 Å². The number of oxime groups is 1. The summed E-state index contributed by atoms with van der Waals surface area (Å²) in [6, 6.07) is 0. The maximum absolute atomic E-state index is 10.7. The van der Waals surface area contributed by atoms with Crippen molar-refractivity contribution in [2.75, 3.05) is 19.1 Å². The fraction of sp³-hybridized carbons (Fsp3) is 0.667. The number of nitrogens with one attached hydrogen (secondary N) is 1. The SMILES string of the molecule is CNC(=O)ON=C(C)CS(C)(=O)=O. The summed E-state index contributed by atoms with van der Waals surface area (Å²) in [6.07, 6.45) is 0.346. The fourth-order valence-corrected chi connectivity index (χ4v) is 1.38. The molecule has 0 aliphatic rings. The molecule has 0 saturated heterocycles. The number of nitrogens with zero attached hydrogens (tertiary/aromatic N) is 1. The number of sulfone groups is 1. The van der Waals surface area contributed by atoms with Crippen molar-refractivity contribution < 1.29 is 18.0 Å². The van der Waals surface area contributed by atoms with E-state index in [1.54, 1.807) is 0 Å². The second-order valence-electron chi connectivity index (χ2n) is 2.53. The molecular formula is C6H12N2O4S. The van der Waals surface area contributed by atoms with Gasteiger partial charge in [0.1, 0.15) is 0 Å². The zero-order valence-electron chi connectivity index (χ0n) is 7.70. The van der Waals surface area contributed by atoms with Crippen LogP contribution in [0, 0.1) is 0 Å². The third-order valence-electron chi connectivity index (χ3n) is 0.960. The average molecular weight is 208 g/mol. The van der Waals surface area contributed by atoms with Gasteiger partial charge in [0.15, 0.2) is 9.84 Å². The minimum Gasteiger partial charge on any atom is -0.323 e. The lowest BCUT2D eigenvalue weighted by Crippen LogP contribution is -2.18. The van der Waals surface area contributed by atoms with Crippen LogP contribution in [0.5, 0.6) is 0 Å². The molecule has 0 unspecified atom stereocenters. The van der Waals surface area contributed by atoms with Gasteiger partial charge in [0.05, 0.1) is 11.5 Å². The molecule has 0 fully saturated rings. The second kappa shape index (κ2) is 4.80. The Morgan fingerprint density at radius 2 is 2.08 bits per heavy atom. The third kappa shape index (κ3) is 7.26. The zero-order chi connectivity index (χ0) is 10.5. The molecule has 0 radical (unpaired) electrons. The molecular weight excluding hydrogens is 196 g/mol. The smallest absolute Gasteiger partial charge is 0.323 e. The van der Waals surface area contributed by atoms with E-state index in [0.717, 1.165) is 6.26 Å². The van der Waals surface area contributed by atoms with Crippen molar-refractivity contribution in [3.05, 3.63) is 0 Å². The molecule has 1 N–H and O–H groups in total. The maximum atomic E-state index is 10.7. The number of carbonyl (C=O) groups excluding carboxylic acids is 1. The molecule has 0 heterocycles. The standard InChI is InChI=1S/C6H12N2O4S/c1-5(4-13(3,10)11)8-12-6(9)7-2/h4H2,1-3H3,(H,7,9). The molecule has 7 heteroatoms. The summed E-state index contributed by atoms with van der Waals surface area (Å²) in [5.41, 5.74) is 0.228. The molecule has 76 valence electrons. The van der Waals surface area contributed by atoms with Crippen molar-refractivity contribution in [2.24, 2.45) is 5.16 Å².